The molecule has 5 nitrogen and oxygen atoms in total. The molecule has 1 aromatic heterocycles. The summed E-state index contributed by atoms with van der Waals surface area (Å²) in [5, 5.41) is 0. The normalized spacial score (nSPS) is 34.5. The Labute approximate surface area is 131 Å². The molecule has 3 aliphatic rings. The van der Waals surface area contributed by atoms with Crippen LogP contribution in [-0.2, 0) is 9.53 Å². The minimum Gasteiger partial charge on any atom is -0.374 e. The van der Waals surface area contributed by atoms with Crippen molar-refractivity contribution in [2.75, 3.05) is 13.1 Å². The van der Waals surface area contributed by atoms with Gasteiger partial charge in [-0.3, -0.25) is 4.79 Å². The number of hydrogen-bond donors (Lipinski definition) is 0. The van der Waals surface area contributed by atoms with Crippen LogP contribution < -0.4 is 0 Å². The van der Waals surface area contributed by atoms with Crippen LogP contribution in [0.5, 0.6) is 0 Å². The van der Waals surface area contributed by atoms with E-state index in [1.165, 1.54) is 12.8 Å². The second kappa shape index (κ2) is 5.08. The number of carbonyl (C=O) groups excluding carboxylic acids is 1. The Hall–Kier alpha value is -1.36. The lowest BCUT2D eigenvalue weighted by Crippen LogP contribution is -2.36. The molecule has 4 rings (SSSR count). The predicted octanol–water partition coefficient (Wildman–Crippen LogP) is 2.20. The molecule has 3 fully saturated rings. The van der Waals surface area contributed by atoms with E-state index in [1.54, 1.807) is 6.20 Å². The molecule has 0 saturated carbocycles. The average molecular weight is 303 g/mol. The third-order valence-corrected chi connectivity index (χ3v) is 5.75. The summed E-state index contributed by atoms with van der Waals surface area (Å²) in [5.41, 5.74) is 0. The maximum atomic E-state index is 12.9. The first-order chi connectivity index (χ1) is 10.6. The number of hydrogen-bond acceptors (Lipinski definition) is 3. The van der Waals surface area contributed by atoms with Crippen LogP contribution in [0.1, 0.15) is 51.4 Å². The number of carbonyl (C=O) groups is 1. The molecule has 0 aromatic carbocycles. The maximum Gasteiger partial charge on any atom is 0.245 e. The number of nitrogens with zero attached hydrogens (tertiary/aromatic N) is 3. The first-order valence-corrected chi connectivity index (χ1v) is 8.53. The Bertz CT molecular complexity index is 564. The minimum atomic E-state index is -0.169. The van der Waals surface area contributed by atoms with Crippen molar-refractivity contribution in [3.63, 3.8) is 0 Å². The van der Waals surface area contributed by atoms with E-state index in [0.29, 0.717) is 30.0 Å². The Kier molecular flexibility index (Phi) is 3.29. The summed E-state index contributed by atoms with van der Waals surface area (Å²) in [4.78, 5) is 19.4. The van der Waals surface area contributed by atoms with Gasteiger partial charge in [0.15, 0.2) is 0 Å². The molecule has 0 aliphatic carbocycles. The summed E-state index contributed by atoms with van der Waals surface area (Å²) in [5.74, 6) is 2.69. The number of aromatic nitrogens is 2. The van der Waals surface area contributed by atoms with Crippen LogP contribution in [0.15, 0.2) is 12.4 Å². The largest absolute Gasteiger partial charge is 0.374 e. The number of amides is 1. The van der Waals surface area contributed by atoms with Gasteiger partial charge in [0, 0.05) is 43.2 Å². The van der Waals surface area contributed by atoms with Gasteiger partial charge in [-0.25, -0.2) is 4.98 Å². The molecule has 22 heavy (non-hydrogen) atoms. The summed E-state index contributed by atoms with van der Waals surface area (Å²) in [6, 6.07) is -0.169. The van der Waals surface area contributed by atoms with Gasteiger partial charge in [-0.05, 0) is 19.8 Å². The van der Waals surface area contributed by atoms with Gasteiger partial charge in [-0.2, -0.15) is 0 Å². The Morgan fingerprint density at radius 3 is 2.45 bits per heavy atom. The molecule has 5 atom stereocenters. The molecule has 0 spiro atoms. The summed E-state index contributed by atoms with van der Waals surface area (Å²) < 4.78 is 8.03. The molecule has 1 amide bonds. The Morgan fingerprint density at radius 2 is 1.86 bits per heavy atom. The number of fused-ring (bicyclic) bond motifs is 5. The predicted molar refractivity (Wildman–Crippen MR) is 82.5 cm³/mol. The zero-order chi connectivity index (χ0) is 15.4. The van der Waals surface area contributed by atoms with Gasteiger partial charge in [0.1, 0.15) is 11.9 Å². The Balaban J connectivity index is 1.49. The molecule has 0 unspecified atom stereocenters. The van der Waals surface area contributed by atoms with Crippen molar-refractivity contribution in [3.8, 4) is 0 Å². The zero-order valence-corrected chi connectivity index (χ0v) is 13.6. The fourth-order valence-electron chi connectivity index (χ4n) is 4.62. The standard InChI is InChI=1S/C17H25N3O2/c1-10(2)16-18-6-7-20(16)11(3)17(21)19-8-12-13(9-19)15-5-4-14(12)22-15/h6-7,10-15H,4-5,8-9H2,1-3H3/t11-,12-,13+,14+,15-/m0/s1. The van der Waals surface area contributed by atoms with Gasteiger partial charge in [0.05, 0.1) is 12.2 Å². The van der Waals surface area contributed by atoms with Gasteiger partial charge in [-0.1, -0.05) is 13.8 Å². The average Bonchev–Trinajstić information content (AvgIpc) is 3.25. The molecular weight excluding hydrogens is 278 g/mol. The topological polar surface area (TPSA) is 47.4 Å². The number of imidazole rings is 1. The van der Waals surface area contributed by atoms with E-state index in [2.05, 4.69) is 23.7 Å². The highest BCUT2D eigenvalue weighted by molar-refractivity contribution is 5.80. The summed E-state index contributed by atoms with van der Waals surface area (Å²) in [6.45, 7) is 7.98. The van der Waals surface area contributed by atoms with Crippen molar-refractivity contribution in [1.29, 1.82) is 0 Å². The zero-order valence-electron chi connectivity index (χ0n) is 13.6. The third kappa shape index (κ3) is 2.02. The van der Waals surface area contributed by atoms with Gasteiger partial charge in [-0.15, -0.1) is 0 Å². The smallest absolute Gasteiger partial charge is 0.245 e. The van der Waals surface area contributed by atoms with Gasteiger partial charge >= 0.3 is 0 Å². The fraction of sp³-hybridized carbons (Fsp3) is 0.765. The van der Waals surface area contributed by atoms with Crippen molar-refractivity contribution in [1.82, 2.24) is 14.5 Å². The SMILES string of the molecule is CC(C)c1nccn1[C@@H](C)C(=O)N1C[C@@H]2[C@H](C1)[C@H]1CC[C@@H]2O1. The molecular formula is C17H25N3O2. The highest BCUT2D eigenvalue weighted by atomic mass is 16.5. The van der Waals surface area contributed by atoms with E-state index in [4.69, 9.17) is 4.74 Å². The molecule has 4 heterocycles. The molecule has 3 saturated heterocycles. The Morgan fingerprint density at radius 1 is 1.23 bits per heavy atom. The molecule has 3 aliphatic heterocycles. The first kappa shape index (κ1) is 14.2. The van der Waals surface area contributed by atoms with Crippen molar-refractivity contribution in [2.24, 2.45) is 11.8 Å². The van der Waals surface area contributed by atoms with Crippen molar-refractivity contribution < 1.29 is 9.53 Å². The molecule has 120 valence electrons. The molecule has 2 bridgehead atoms. The van der Waals surface area contributed by atoms with E-state index in [9.17, 15) is 4.79 Å². The van der Waals surface area contributed by atoms with E-state index in [-0.39, 0.29) is 11.9 Å². The summed E-state index contributed by atoms with van der Waals surface area (Å²) in [7, 11) is 0. The second-order valence-corrected chi connectivity index (χ2v) is 7.38. The van der Waals surface area contributed by atoms with Gasteiger partial charge in [0.25, 0.3) is 0 Å². The molecule has 0 radical (unpaired) electrons. The minimum absolute atomic E-state index is 0.169. The maximum absolute atomic E-state index is 12.9. The lowest BCUT2D eigenvalue weighted by atomic mass is 9.82. The highest BCUT2D eigenvalue weighted by Crippen LogP contribution is 2.47. The molecule has 5 heteroatoms. The van der Waals surface area contributed by atoms with Crippen LogP contribution >= 0.6 is 0 Å². The van der Waals surface area contributed by atoms with E-state index in [1.807, 2.05) is 17.7 Å². The number of rotatable bonds is 3. The van der Waals surface area contributed by atoms with Crippen LogP contribution in [-0.4, -0.2) is 45.7 Å². The highest BCUT2D eigenvalue weighted by Gasteiger charge is 2.54. The van der Waals surface area contributed by atoms with Gasteiger partial charge < -0.3 is 14.2 Å². The van der Waals surface area contributed by atoms with Crippen molar-refractivity contribution in [3.05, 3.63) is 18.2 Å². The third-order valence-electron chi connectivity index (χ3n) is 5.75. The van der Waals surface area contributed by atoms with Crippen LogP contribution in [0.25, 0.3) is 0 Å². The van der Waals surface area contributed by atoms with Crippen LogP contribution in [0.3, 0.4) is 0 Å². The monoisotopic (exact) mass is 303 g/mol. The molecule has 0 N–H and O–H groups in total. The quantitative estimate of drug-likeness (QED) is 0.860. The van der Waals surface area contributed by atoms with Gasteiger partial charge in [0.2, 0.25) is 5.91 Å². The number of ether oxygens (including phenoxy) is 1. The van der Waals surface area contributed by atoms with Crippen LogP contribution in [0, 0.1) is 11.8 Å². The lowest BCUT2D eigenvalue weighted by molar-refractivity contribution is -0.134. The van der Waals surface area contributed by atoms with Crippen LogP contribution in [0.4, 0.5) is 0 Å². The van der Waals surface area contributed by atoms with Crippen LogP contribution in [0.2, 0.25) is 0 Å². The first-order valence-electron chi connectivity index (χ1n) is 8.53. The van der Waals surface area contributed by atoms with E-state index >= 15 is 0 Å². The van der Waals surface area contributed by atoms with Crippen molar-refractivity contribution >= 4 is 5.91 Å². The van der Waals surface area contributed by atoms with E-state index < -0.39 is 0 Å². The second-order valence-electron chi connectivity index (χ2n) is 7.38. The summed E-state index contributed by atoms with van der Waals surface area (Å²) >= 11 is 0. The fourth-order valence-corrected chi connectivity index (χ4v) is 4.62. The molecule has 1 aromatic rings. The summed E-state index contributed by atoms with van der Waals surface area (Å²) in [6.07, 6.45) is 6.91. The lowest BCUT2D eigenvalue weighted by Gasteiger charge is -2.25. The van der Waals surface area contributed by atoms with Crippen molar-refractivity contribution in [2.45, 2.75) is 57.8 Å². The van der Waals surface area contributed by atoms with E-state index in [0.717, 1.165) is 18.9 Å². The number of likely N-dealkylation sites (tertiary alicyclic amines) is 1.